The van der Waals surface area contributed by atoms with E-state index in [9.17, 15) is 4.79 Å². The Morgan fingerprint density at radius 3 is 2.31 bits per heavy atom. The summed E-state index contributed by atoms with van der Waals surface area (Å²) in [6.07, 6.45) is 3.50. The highest BCUT2D eigenvalue weighted by Crippen LogP contribution is 2.21. The van der Waals surface area contributed by atoms with Crippen LogP contribution in [0.1, 0.15) is 37.2 Å². The number of carbonyl (C=O) groups excluding carboxylic acids is 1. The summed E-state index contributed by atoms with van der Waals surface area (Å²) in [6, 6.07) is 9.99. The lowest BCUT2D eigenvalue weighted by atomic mass is 10.2. The van der Waals surface area contributed by atoms with Crippen LogP contribution in [0.4, 0.5) is 17.3 Å². The highest BCUT2D eigenvalue weighted by molar-refractivity contribution is 5.92. The van der Waals surface area contributed by atoms with Crippen molar-refractivity contribution in [1.82, 2.24) is 19.8 Å². The van der Waals surface area contributed by atoms with Gasteiger partial charge < -0.3 is 20.0 Å². The van der Waals surface area contributed by atoms with Crippen LogP contribution in [0.2, 0.25) is 0 Å². The van der Waals surface area contributed by atoms with Crippen LogP contribution in [0.15, 0.2) is 36.5 Å². The lowest BCUT2D eigenvalue weighted by Gasteiger charge is -2.34. The van der Waals surface area contributed by atoms with Crippen LogP contribution in [0.3, 0.4) is 0 Å². The average molecular weight is 397 g/mol. The number of amides is 1. The molecule has 0 radical (unpaired) electrons. The third kappa shape index (κ3) is 5.67. The van der Waals surface area contributed by atoms with Gasteiger partial charge in [-0.3, -0.25) is 4.79 Å². The number of anilines is 3. The summed E-state index contributed by atoms with van der Waals surface area (Å²) in [5, 5.41) is 3.22. The first-order valence-electron chi connectivity index (χ1n) is 10.5. The molecular weight excluding hydrogens is 364 g/mol. The normalized spacial score (nSPS) is 14.7. The fraction of sp³-hybridized carbons (Fsp3) is 0.500. The van der Waals surface area contributed by atoms with E-state index in [1.165, 1.54) is 5.69 Å². The summed E-state index contributed by atoms with van der Waals surface area (Å²) in [5.41, 5.74) is 2.56. The fourth-order valence-electron chi connectivity index (χ4n) is 3.50. The molecule has 0 atom stereocenters. The Hall–Kier alpha value is -2.67. The van der Waals surface area contributed by atoms with Crippen LogP contribution in [-0.2, 0) is 0 Å². The minimum absolute atomic E-state index is 0.0374. The van der Waals surface area contributed by atoms with Crippen LogP contribution >= 0.6 is 0 Å². The van der Waals surface area contributed by atoms with Crippen molar-refractivity contribution in [1.29, 1.82) is 0 Å². The lowest BCUT2D eigenvalue weighted by molar-refractivity contribution is 0.0749. The zero-order valence-electron chi connectivity index (χ0n) is 17.8. The van der Waals surface area contributed by atoms with Gasteiger partial charge in [0.1, 0.15) is 5.69 Å². The van der Waals surface area contributed by atoms with E-state index in [0.717, 1.165) is 57.8 Å². The van der Waals surface area contributed by atoms with Crippen molar-refractivity contribution in [2.24, 2.45) is 0 Å². The molecule has 1 aromatic carbocycles. The fourth-order valence-corrected chi connectivity index (χ4v) is 3.50. The first kappa shape index (κ1) is 21.0. The van der Waals surface area contributed by atoms with Gasteiger partial charge in [-0.2, -0.15) is 0 Å². The molecule has 0 aliphatic carbocycles. The van der Waals surface area contributed by atoms with Crippen molar-refractivity contribution >= 4 is 23.2 Å². The Morgan fingerprint density at radius 2 is 1.69 bits per heavy atom. The topological polar surface area (TPSA) is 64.6 Å². The molecule has 3 rings (SSSR count). The summed E-state index contributed by atoms with van der Waals surface area (Å²) in [5.74, 6) is 0.403. The molecule has 2 heterocycles. The van der Waals surface area contributed by atoms with Gasteiger partial charge in [-0.1, -0.05) is 13.8 Å². The van der Waals surface area contributed by atoms with Gasteiger partial charge in [0.15, 0.2) is 0 Å². The van der Waals surface area contributed by atoms with E-state index < -0.39 is 0 Å². The molecule has 1 fully saturated rings. The first-order chi connectivity index (χ1) is 14.1. The molecular formula is C22H32N6O. The van der Waals surface area contributed by atoms with Gasteiger partial charge in [0.05, 0.1) is 0 Å². The Morgan fingerprint density at radius 1 is 1.03 bits per heavy atom. The van der Waals surface area contributed by atoms with E-state index >= 15 is 0 Å². The van der Waals surface area contributed by atoms with Crippen LogP contribution in [0, 0.1) is 0 Å². The molecule has 1 amide bonds. The molecule has 0 bridgehead atoms. The smallest absolute Gasteiger partial charge is 0.272 e. The highest BCUT2D eigenvalue weighted by Gasteiger charge is 2.17. The van der Waals surface area contributed by atoms with Crippen molar-refractivity contribution in [3.05, 3.63) is 42.2 Å². The zero-order chi connectivity index (χ0) is 20.6. The van der Waals surface area contributed by atoms with Crippen molar-refractivity contribution < 1.29 is 4.79 Å². The van der Waals surface area contributed by atoms with Gasteiger partial charge in [0.2, 0.25) is 5.95 Å². The van der Waals surface area contributed by atoms with Crippen molar-refractivity contribution in [3.63, 3.8) is 0 Å². The number of rotatable bonds is 8. The van der Waals surface area contributed by atoms with Gasteiger partial charge in [-0.25, -0.2) is 9.97 Å². The molecule has 0 unspecified atom stereocenters. The number of hydrogen-bond donors (Lipinski definition) is 1. The quantitative estimate of drug-likeness (QED) is 0.739. The first-order valence-corrected chi connectivity index (χ1v) is 10.5. The Kier molecular flexibility index (Phi) is 7.41. The molecule has 1 aliphatic rings. The number of benzene rings is 1. The van der Waals surface area contributed by atoms with Crippen LogP contribution in [0.25, 0.3) is 0 Å². The molecule has 0 saturated carbocycles. The van der Waals surface area contributed by atoms with Crippen LogP contribution in [-0.4, -0.2) is 72.0 Å². The summed E-state index contributed by atoms with van der Waals surface area (Å²) < 4.78 is 0. The molecule has 7 nitrogen and oxygen atoms in total. The lowest BCUT2D eigenvalue weighted by Crippen LogP contribution is -2.44. The minimum Gasteiger partial charge on any atom is -0.369 e. The number of likely N-dealkylation sites (N-methyl/N-ethyl adjacent to an activating group) is 1. The molecule has 1 aliphatic heterocycles. The summed E-state index contributed by atoms with van der Waals surface area (Å²) in [6.45, 7) is 9.90. The Balaban J connectivity index is 1.66. The van der Waals surface area contributed by atoms with Gasteiger partial charge in [-0.05, 0) is 50.2 Å². The van der Waals surface area contributed by atoms with E-state index in [1.807, 2.05) is 17.0 Å². The third-order valence-electron chi connectivity index (χ3n) is 5.14. The Bertz CT molecular complexity index is 780. The molecule has 1 saturated heterocycles. The van der Waals surface area contributed by atoms with Gasteiger partial charge in [-0.15, -0.1) is 0 Å². The summed E-state index contributed by atoms with van der Waals surface area (Å²) in [7, 11) is 2.16. The largest absolute Gasteiger partial charge is 0.369 e. The standard InChI is InChI=1S/C22H32N6O/c1-4-12-28(13-5-2)21(29)20-10-11-23-22(25-20)24-18-6-8-19(9-7-18)27-16-14-26(3)15-17-27/h6-11H,4-5,12-17H2,1-3H3,(H,23,24,25). The number of piperazine rings is 1. The Labute approximate surface area is 173 Å². The third-order valence-corrected chi connectivity index (χ3v) is 5.14. The monoisotopic (exact) mass is 396 g/mol. The zero-order valence-corrected chi connectivity index (χ0v) is 17.8. The van der Waals surface area contributed by atoms with E-state index in [-0.39, 0.29) is 5.91 Å². The maximum Gasteiger partial charge on any atom is 0.272 e. The van der Waals surface area contributed by atoms with E-state index in [4.69, 9.17) is 0 Å². The molecule has 156 valence electrons. The SMILES string of the molecule is CCCN(CCC)C(=O)c1ccnc(Nc2ccc(N3CCN(C)CC3)cc2)n1. The second kappa shape index (κ2) is 10.2. The molecule has 7 heteroatoms. The average Bonchev–Trinajstić information content (AvgIpc) is 2.74. The molecule has 0 spiro atoms. The van der Waals surface area contributed by atoms with E-state index in [0.29, 0.717) is 11.6 Å². The van der Waals surface area contributed by atoms with Crippen molar-refractivity contribution in [2.75, 3.05) is 56.5 Å². The predicted octanol–water partition coefficient (Wildman–Crippen LogP) is 3.23. The number of nitrogens with zero attached hydrogens (tertiary/aromatic N) is 5. The second-order valence-electron chi connectivity index (χ2n) is 7.52. The maximum atomic E-state index is 12.8. The number of aromatic nitrogens is 2. The predicted molar refractivity (Wildman–Crippen MR) is 118 cm³/mol. The molecule has 2 aromatic rings. The molecule has 29 heavy (non-hydrogen) atoms. The number of hydrogen-bond acceptors (Lipinski definition) is 6. The highest BCUT2D eigenvalue weighted by atomic mass is 16.2. The number of carbonyl (C=O) groups is 1. The number of nitrogens with one attached hydrogen (secondary N) is 1. The molecule has 1 N–H and O–H groups in total. The van der Waals surface area contributed by atoms with Crippen LogP contribution in [0.5, 0.6) is 0 Å². The maximum absolute atomic E-state index is 12.8. The van der Waals surface area contributed by atoms with Crippen LogP contribution < -0.4 is 10.2 Å². The molecule has 1 aromatic heterocycles. The van der Waals surface area contributed by atoms with Crippen molar-refractivity contribution in [3.8, 4) is 0 Å². The van der Waals surface area contributed by atoms with Gasteiger partial charge >= 0.3 is 0 Å². The van der Waals surface area contributed by atoms with E-state index in [1.54, 1.807) is 12.3 Å². The van der Waals surface area contributed by atoms with Gasteiger partial charge in [0, 0.05) is 56.8 Å². The summed E-state index contributed by atoms with van der Waals surface area (Å²) >= 11 is 0. The minimum atomic E-state index is -0.0374. The van der Waals surface area contributed by atoms with Gasteiger partial charge in [0.25, 0.3) is 5.91 Å². The van der Waals surface area contributed by atoms with Crippen molar-refractivity contribution in [2.45, 2.75) is 26.7 Å². The summed E-state index contributed by atoms with van der Waals surface area (Å²) in [4.78, 5) is 28.1. The van der Waals surface area contributed by atoms with E-state index in [2.05, 4.69) is 58.1 Å². The second-order valence-corrected chi connectivity index (χ2v) is 7.52.